The van der Waals surface area contributed by atoms with Gasteiger partial charge in [0.15, 0.2) is 0 Å². The maximum atomic E-state index is 10.2. The molecule has 110 valence electrons. The normalized spacial score (nSPS) is 15.1. The second kappa shape index (κ2) is 6.57. The summed E-state index contributed by atoms with van der Waals surface area (Å²) in [4.78, 5) is 17.1. The molecule has 21 heavy (non-hydrogen) atoms. The van der Waals surface area contributed by atoms with E-state index in [1.807, 2.05) is 6.20 Å². The lowest BCUT2D eigenvalue weighted by Gasteiger charge is -2.29. The van der Waals surface area contributed by atoms with Crippen LogP contribution in [0.15, 0.2) is 30.5 Å². The minimum absolute atomic E-state index is 0.405. The molecule has 0 spiro atoms. The Balaban J connectivity index is 1.82. The van der Waals surface area contributed by atoms with Crippen molar-refractivity contribution in [3.8, 4) is 0 Å². The van der Waals surface area contributed by atoms with Crippen molar-refractivity contribution in [1.29, 1.82) is 0 Å². The molecule has 1 aliphatic rings. The van der Waals surface area contributed by atoms with E-state index in [-0.39, 0.29) is 0 Å². The molecule has 4 heteroatoms. The van der Waals surface area contributed by atoms with Crippen LogP contribution in [0.3, 0.4) is 0 Å². The number of carbonyl (C=O) groups is 1. The number of pyridine rings is 1. The fourth-order valence-corrected chi connectivity index (χ4v) is 2.87. The van der Waals surface area contributed by atoms with Gasteiger partial charge < -0.3 is 9.64 Å². The lowest BCUT2D eigenvalue weighted by Crippen LogP contribution is -2.29. The van der Waals surface area contributed by atoms with Crippen molar-refractivity contribution in [2.45, 2.75) is 25.7 Å². The van der Waals surface area contributed by atoms with E-state index in [9.17, 15) is 4.79 Å². The van der Waals surface area contributed by atoms with Gasteiger partial charge >= 0.3 is 0 Å². The minimum atomic E-state index is 0.405. The van der Waals surface area contributed by atoms with Gasteiger partial charge in [0, 0.05) is 36.8 Å². The Morgan fingerprint density at radius 3 is 2.86 bits per heavy atom. The largest absolute Gasteiger partial charge is 0.468 e. The molecule has 0 saturated carbocycles. The van der Waals surface area contributed by atoms with Crippen LogP contribution < -0.4 is 4.90 Å². The lowest BCUT2D eigenvalue weighted by atomic mass is 10.1. The SMILES string of the molecule is O=COCCc1cnc2ccc(N3CCCCC3)cc2c1. The fraction of sp³-hybridized carbons (Fsp3) is 0.412. The van der Waals surface area contributed by atoms with E-state index < -0.39 is 0 Å². The quantitative estimate of drug-likeness (QED) is 0.625. The third kappa shape index (κ3) is 3.32. The first kappa shape index (κ1) is 13.9. The zero-order valence-electron chi connectivity index (χ0n) is 12.1. The summed E-state index contributed by atoms with van der Waals surface area (Å²) in [6.07, 6.45) is 6.46. The molecule has 4 nitrogen and oxygen atoms in total. The highest BCUT2D eigenvalue weighted by Gasteiger charge is 2.11. The summed E-state index contributed by atoms with van der Waals surface area (Å²) in [5.41, 5.74) is 3.39. The first-order chi connectivity index (χ1) is 10.4. The van der Waals surface area contributed by atoms with Crippen LogP contribution in [-0.4, -0.2) is 31.2 Å². The number of piperidine rings is 1. The molecule has 0 unspecified atom stereocenters. The number of benzene rings is 1. The summed E-state index contributed by atoms with van der Waals surface area (Å²) in [5.74, 6) is 0. The van der Waals surface area contributed by atoms with Crippen molar-refractivity contribution in [2.75, 3.05) is 24.6 Å². The van der Waals surface area contributed by atoms with Gasteiger partial charge in [-0.2, -0.15) is 0 Å². The van der Waals surface area contributed by atoms with E-state index in [0.29, 0.717) is 19.5 Å². The van der Waals surface area contributed by atoms with Crippen LogP contribution in [0.4, 0.5) is 5.69 Å². The first-order valence-corrected chi connectivity index (χ1v) is 7.56. The molecular weight excluding hydrogens is 264 g/mol. The number of aromatic nitrogens is 1. The van der Waals surface area contributed by atoms with Crippen LogP contribution in [0, 0.1) is 0 Å². The average Bonchev–Trinajstić information content (AvgIpc) is 2.55. The number of ether oxygens (including phenoxy) is 1. The molecule has 1 aromatic carbocycles. The van der Waals surface area contributed by atoms with E-state index in [1.165, 1.54) is 24.9 Å². The zero-order chi connectivity index (χ0) is 14.5. The highest BCUT2D eigenvalue weighted by Crippen LogP contribution is 2.24. The Hall–Kier alpha value is -2.10. The third-order valence-electron chi connectivity index (χ3n) is 4.02. The average molecular weight is 284 g/mol. The van der Waals surface area contributed by atoms with Gasteiger partial charge in [-0.1, -0.05) is 0 Å². The van der Waals surface area contributed by atoms with E-state index in [4.69, 9.17) is 4.74 Å². The highest BCUT2D eigenvalue weighted by atomic mass is 16.5. The van der Waals surface area contributed by atoms with Crippen LogP contribution in [0.2, 0.25) is 0 Å². The standard InChI is InChI=1S/C17H20N2O2/c20-13-21-9-6-14-10-15-11-16(4-5-17(15)18-12-14)19-7-2-1-3-8-19/h4-5,10-13H,1-3,6-9H2. The second-order valence-electron chi connectivity index (χ2n) is 5.49. The third-order valence-corrected chi connectivity index (χ3v) is 4.02. The molecule has 0 radical (unpaired) electrons. The number of anilines is 1. The molecule has 3 rings (SSSR count). The molecule has 2 heterocycles. The van der Waals surface area contributed by atoms with Crippen molar-refractivity contribution in [2.24, 2.45) is 0 Å². The Morgan fingerprint density at radius 1 is 1.19 bits per heavy atom. The second-order valence-corrected chi connectivity index (χ2v) is 5.49. The molecule has 1 saturated heterocycles. The van der Waals surface area contributed by atoms with Crippen molar-refractivity contribution in [1.82, 2.24) is 4.98 Å². The number of hydrogen-bond acceptors (Lipinski definition) is 4. The van der Waals surface area contributed by atoms with Gasteiger partial charge in [0.25, 0.3) is 6.47 Å². The maximum absolute atomic E-state index is 10.2. The van der Waals surface area contributed by atoms with Crippen LogP contribution in [0.5, 0.6) is 0 Å². The monoisotopic (exact) mass is 284 g/mol. The summed E-state index contributed by atoms with van der Waals surface area (Å²) >= 11 is 0. The van der Waals surface area contributed by atoms with Gasteiger partial charge in [-0.25, -0.2) is 0 Å². The van der Waals surface area contributed by atoms with Crippen molar-refractivity contribution in [3.05, 3.63) is 36.0 Å². The van der Waals surface area contributed by atoms with Crippen LogP contribution in [0.25, 0.3) is 10.9 Å². The summed E-state index contributed by atoms with van der Waals surface area (Å²) in [6.45, 7) is 3.18. The highest BCUT2D eigenvalue weighted by molar-refractivity contribution is 5.83. The molecule has 0 aliphatic carbocycles. The Bertz CT molecular complexity index is 621. The molecular formula is C17H20N2O2. The maximum Gasteiger partial charge on any atom is 0.293 e. The van der Waals surface area contributed by atoms with Gasteiger partial charge in [0.1, 0.15) is 0 Å². The van der Waals surface area contributed by atoms with Crippen molar-refractivity contribution in [3.63, 3.8) is 0 Å². The Labute approximate surface area is 124 Å². The van der Waals surface area contributed by atoms with Crippen molar-refractivity contribution < 1.29 is 9.53 Å². The predicted octanol–water partition coefficient (Wildman–Crippen LogP) is 2.94. The summed E-state index contributed by atoms with van der Waals surface area (Å²) in [6, 6.07) is 8.61. The smallest absolute Gasteiger partial charge is 0.293 e. The molecule has 0 amide bonds. The fourth-order valence-electron chi connectivity index (χ4n) is 2.87. The Morgan fingerprint density at radius 2 is 2.05 bits per heavy atom. The molecule has 2 aromatic rings. The molecule has 1 fully saturated rings. The van der Waals surface area contributed by atoms with Gasteiger partial charge in [0.2, 0.25) is 0 Å². The molecule has 0 atom stereocenters. The van der Waals surface area contributed by atoms with E-state index in [1.54, 1.807) is 0 Å². The summed E-state index contributed by atoms with van der Waals surface area (Å²) in [5, 5.41) is 1.15. The minimum Gasteiger partial charge on any atom is -0.468 e. The number of carbonyl (C=O) groups excluding carboxylic acids is 1. The first-order valence-electron chi connectivity index (χ1n) is 7.56. The van der Waals surface area contributed by atoms with E-state index >= 15 is 0 Å². The van der Waals surface area contributed by atoms with Gasteiger partial charge in [-0.15, -0.1) is 0 Å². The zero-order valence-corrected chi connectivity index (χ0v) is 12.1. The van der Waals surface area contributed by atoms with E-state index in [0.717, 1.165) is 29.6 Å². The van der Waals surface area contributed by atoms with E-state index in [2.05, 4.69) is 34.1 Å². The van der Waals surface area contributed by atoms with Crippen LogP contribution in [0.1, 0.15) is 24.8 Å². The Kier molecular flexibility index (Phi) is 4.34. The number of nitrogens with zero attached hydrogens (tertiary/aromatic N) is 2. The number of fused-ring (bicyclic) bond motifs is 1. The summed E-state index contributed by atoms with van der Waals surface area (Å²) in [7, 11) is 0. The number of rotatable bonds is 5. The van der Waals surface area contributed by atoms with Crippen LogP contribution in [-0.2, 0) is 16.0 Å². The van der Waals surface area contributed by atoms with Crippen LogP contribution >= 0.6 is 0 Å². The molecule has 0 bridgehead atoms. The molecule has 0 N–H and O–H groups in total. The van der Waals surface area contributed by atoms with Gasteiger partial charge in [0.05, 0.1) is 12.1 Å². The van der Waals surface area contributed by atoms with Gasteiger partial charge in [-0.05, 0) is 49.1 Å². The van der Waals surface area contributed by atoms with Gasteiger partial charge in [-0.3, -0.25) is 9.78 Å². The topological polar surface area (TPSA) is 42.4 Å². The number of hydrogen-bond donors (Lipinski definition) is 0. The molecule has 1 aliphatic heterocycles. The lowest BCUT2D eigenvalue weighted by molar-refractivity contribution is -0.128. The predicted molar refractivity (Wildman–Crippen MR) is 83.5 cm³/mol. The van der Waals surface area contributed by atoms with Crippen molar-refractivity contribution >= 4 is 23.1 Å². The molecule has 1 aromatic heterocycles. The summed E-state index contributed by atoms with van der Waals surface area (Å²) < 4.78 is 4.75.